The lowest BCUT2D eigenvalue weighted by atomic mass is 9.81. The van der Waals surface area contributed by atoms with E-state index >= 15 is 0 Å². The molecule has 3 N–H and O–H groups in total. The van der Waals surface area contributed by atoms with E-state index in [2.05, 4.69) is 5.32 Å². The fraction of sp³-hybridized carbons (Fsp3) is 0.812. The first-order chi connectivity index (χ1) is 11.0. The molecule has 4 aliphatic rings. The van der Waals surface area contributed by atoms with E-state index in [9.17, 15) is 14.4 Å². The first-order valence-corrected chi connectivity index (χ1v) is 8.56. The van der Waals surface area contributed by atoms with Crippen molar-refractivity contribution < 1.29 is 19.1 Å². The molecule has 4 rings (SSSR count). The van der Waals surface area contributed by atoms with Crippen LogP contribution in [0.3, 0.4) is 0 Å². The highest BCUT2D eigenvalue weighted by atomic mass is 35.5. The number of hydrogen-bond acceptors (Lipinski definition) is 5. The summed E-state index contributed by atoms with van der Waals surface area (Å²) in [6.07, 6.45) is 5.20. The SMILES string of the molecule is Cl.NCC1(NC(=O)CN2C(=O)C3C4CCC(O4)C3C2=O)CCCC1. The van der Waals surface area contributed by atoms with Crippen LogP contribution < -0.4 is 11.1 Å². The van der Waals surface area contributed by atoms with Crippen LogP contribution >= 0.6 is 12.4 Å². The predicted molar refractivity (Wildman–Crippen MR) is 87.2 cm³/mol. The first-order valence-electron chi connectivity index (χ1n) is 8.56. The average molecular weight is 358 g/mol. The molecule has 0 spiro atoms. The zero-order chi connectivity index (χ0) is 16.2. The second kappa shape index (κ2) is 6.28. The number of carbonyl (C=O) groups is 3. The van der Waals surface area contributed by atoms with Gasteiger partial charge < -0.3 is 15.8 Å². The van der Waals surface area contributed by atoms with Crippen LogP contribution in [-0.4, -0.2) is 53.5 Å². The summed E-state index contributed by atoms with van der Waals surface area (Å²) < 4.78 is 5.69. The maximum Gasteiger partial charge on any atom is 0.240 e. The van der Waals surface area contributed by atoms with Crippen LogP contribution in [0.25, 0.3) is 0 Å². The van der Waals surface area contributed by atoms with Gasteiger partial charge in [-0.1, -0.05) is 12.8 Å². The Morgan fingerprint density at radius 2 is 1.71 bits per heavy atom. The topological polar surface area (TPSA) is 102 Å². The van der Waals surface area contributed by atoms with E-state index in [1.165, 1.54) is 0 Å². The van der Waals surface area contributed by atoms with Crippen LogP contribution in [0.1, 0.15) is 38.5 Å². The third kappa shape index (κ3) is 2.53. The van der Waals surface area contributed by atoms with Crippen LogP contribution in [-0.2, 0) is 19.1 Å². The molecule has 24 heavy (non-hydrogen) atoms. The van der Waals surface area contributed by atoms with Crippen molar-refractivity contribution in [1.82, 2.24) is 10.2 Å². The highest BCUT2D eigenvalue weighted by molar-refractivity contribution is 6.08. The fourth-order valence-corrected chi connectivity index (χ4v) is 4.84. The number of halogens is 1. The van der Waals surface area contributed by atoms with Gasteiger partial charge in [0.15, 0.2) is 0 Å². The van der Waals surface area contributed by atoms with Gasteiger partial charge in [0.2, 0.25) is 17.7 Å². The van der Waals surface area contributed by atoms with Crippen molar-refractivity contribution in [3.05, 3.63) is 0 Å². The molecule has 3 amide bonds. The van der Waals surface area contributed by atoms with Gasteiger partial charge in [-0.05, 0) is 25.7 Å². The molecule has 2 bridgehead atoms. The van der Waals surface area contributed by atoms with E-state index in [0.717, 1.165) is 43.4 Å². The van der Waals surface area contributed by atoms with Gasteiger partial charge in [-0.25, -0.2) is 0 Å². The van der Waals surface area contributed by atoms with Crippen LogP contribution in [0, 0.1) is 11.8 Å². The monoisotopic (exact) mass is 357 g/mol. The van der Waals surface area contributed by atoms with Gasteiger partial charge in [0.1, 0.15) is 6.54 Å². The third-order valence-electron chi connectivity index (χ3n) is 6.03. The van der Waals surface area contributed by atoms with Gasteiger partial charge in [0, 0.05) is 6.54 Å². The third-order valence-corrected chi connectivity index (χ3v) is 6.03. The lowest BCUT2D eigenvalue weighted by molar-refractivity contribution is -0.146. The molecule has 0 radical (unpaired) electrons. The number of nitrogens with zero attached hydrogens (tertiary/aromatic N) is 1. The van der Waals surface area contributed by atoms with Crippen LogP contribution in [0.15, 0.2) is 0 Å². The Balaban J connectivity index is 0.00000169. The number of amides is 3. The first kappa shape index (κ1) is 17.6. The van der Waals surface area contributed by atoms with Gasteiger partial charge in [-0.2, -0.15) is 0 Å². The quantitative estimate of drug-likeness (QED) is 0.687. The van der Waals surface area contributed by atoms with Crippen LogP contribution in [0.5, 0.6) is 0 Å². The highest BCUT2D eigenvalue weighted by Crippen LogP contribution is 2.48. The molecule has 3 heterocycles. The molecule has 1 aliphatic carbocycles. The average Bonchev–Trinajstić information content (AvgIpc) is 3.29. The number of ether oxygens (including phenoxy) is 1. The van der Waals surface area contributed by atoms with E-state index in [4.69, 9.17) is 10.5 Å². The molecule has 0 aromatic carbocycles. The van der Waals surface area contributed by atoms with Crippen molar-refractivity contribution in [1.29, 1.82) is 0 Å². The second-order valence-corrected chi connectivity index (χ2v) is 7.34. The molecule has 4 fully saturated rings. The number of rotatable bonds is 4. The maximum absolute atomic E-state index is 12.5. The maximum atomic E-state index is 12.5. The van der Waals surface area contributed by atoms with Crippen molar-refractivity contribution in [2.45, 2.75) is 56.3 Å². The molecule has 4 atom stereocenters. The number of hydrogen-bond donors (Lipinski definition) is 2. The molecular weight excluding hydrogens is 334 g/mol. The summed E-state index contributed by atoms with van der Waals surface area (Å²) in [7, 11) is 0. The summed E-state index contributed by atoms with van der Waals surface area (Å²) in [6, 6.07) is 0. The van der Waals surface area contributed by atoms with Gasteiger partial charge in [0.05, 0.1) is 29.6 Å². The standard InChI is InChI=1S/C16H23N3O4.ClH/c17-8-16(5-1-2-6-16)18-11(20)7-19-14(21)12-9-3-4-10(23-9)13(12)15(19)22;/h9-10,12-13H,1-8,17H2,(H,18,20);1H. The van der Waals surface area contributed by atoms with E-state index in [0.29, 0.717) is 6.54 Å². The normalized spacial score (nSPS) is 36.0. The predicted octanol–water partition coefficient (Wildman–Crippen LogP) is -0.0417. The Bertz CT molecular complexity index is 536. The zero-order valence-corrected chi connectivity index (χ0v) is 14.3. The molecular formula is C16H24ClN3O4. The van der Waals surface area contributed by atoms with E-state index in [1.807, 2.05) is 0 Å². The molecule has 7 nitrogen and oxygen atoms in total. The van der Waals surface area contributed by atoms with Crippen LogP contribution in [0.2, 0.25) is 0 Å². The number of imide groups is 1. The summed E-state index contributed by atoms with van der Waals surface area (Å²) in [5, 5.41) is 2.97. The lowest BCUT2D eigenvalue weighted by Gasteiger charge is -2.29. The summed E-state index contributed by atoms with van der Waals surface area (Å²) in [4.78, 5) is 38.6. The molecule has 8 heteroatoms. The highest BCUT2D eigenvalue weighted by Gasteiger charge is 2.62. The molecule has 0 aromatic rings. The van der Waals surface area contributed by atoms with Gasteiger partial charge in [-0.15, -0.1) is 12.4 Å². The number of nitrogens with two attached hydrogens (primary N) is 1. The van der Waals surface area contributed by atoms with E-state index in [-0.39, 0.29) is 66.3 Å². The van der Waals surface area contributed by atoms with Gasteiger partial charge in [0.25, 0.3) is 0 Å². The Labute approximate surface area is 147 Å². The van der Waals surface area contributed by atoms with Crippen molar-refractivity contribution in [2.24, 2.45) is 17.6 Å². The van der Waals surface area contributed by atoms with Crippen molar-refractivity contribution in [2.75, 3.05) is 13.1 Å². The summed E-state index contributed by atoms with van der Waals surface area (Å²) in [6.45, 7) is 0.204. The molecule has 3 saturated heterocycles. The Hall–Kier alpha value is -1.18. The Kier molecular flexibility index (Phi) is 4.61. The van der Waals surface area contributed by atoms with Gasteiger partial charge >= 0.3 is 0 Å². The molecule has 0 aromatic heterocycles. The van der Waals surface area contributed by atoms with Crippen LogP contribution in [0.4, 0.5) is 0 Å². The van der Waals surface area contributed by atoms with E-state index in [1.54, 1.807) is 0 Å². The number of carbonyl (C=O) groups excluding carboxylic acids is 3. The fourth-order valence-electron chi connectivity index (χ4n) is 4.84. The molecule has 4 unspecified atom stereocenters. The van der Waals surface area contributed by atoms with Crippen molar-refractivity contribution in [3.63, 3.8) is 0 Å². The molecule has 134 valence electrons. The minimum Gasteiger partial charge on any atom is -0.373 e. The summed E-state index contributed by atoms with van der Waals surface area (Å²) in [5.74, 6) is -1.51. The smallest absolute Gasteiger partial charge is 0.240 e. The second-order valence-electron chi connectivity index (χ2n) is 7.34. The number of nitrogens with one attached hydrogen (secondary N) is 1. The number of likely N-dealkylation sites (tertiary alicyclic amines) is 1. The number of fused-ring (bicyclic) bond motifs is 5. The summed E-state index contributed by atoms with van der Waals surface area (Å²) >= 11 is 0. The zero-order valence-electron chi connectivity index (χ0n) is 13.5. The van der Waals surface area contributed by atoms with Crippen molar-refractivity contribution >= 4 is 30.1 Å². The molecule has 3 aliphatic heterocycles. The van der Waals surface area contributed by atoms with Gasteiger partial charge in [-0.3, -0.25) is 19.3 Å². The molecule has 1 saturated carbocycles. The Morgan fingerprint density at radius 3 is 2.21 bits per heavy atom. The largest absolute Gasteiger partial charge is 0.373 e. The Morgan fingerprint density at radius 1 is 1.17 bits per heavy atom. The minimum absolute atomic E-state index is 0. The minimum atomic E-state index is -0.371. The van der Waals surface area contributed by atoms with Crippen molar-refractivity contribution in [3.8, 4) is 0 Å². The lowest BCUT2D eigenvalue weighted by Crippen LogP contribution is -2.54. The summed E-state index contributed by atoms with van der Waals surface area (Å²) in [5.41, 5.74) is 5.46. The van der Waals surface area contributed by atoms with E-state index < -0.39 is 0 Å².